The van der Waals surface area contributed by atoms with Crippen LogP contribution in [0.15, 0.2) is 18.2 Å². The fourth-order valence-electron chi connectivity index (χ4n) is 1.98. The number of para-hydroxylation sites is 1. The lowest BCUT2D eigenvalue weighted by molar-refractivity contribution is 0.0988. The second-order valence-corrected chi connectivity index (χ2v) is 4.82. The Morgan fingerprint density at radius 2 is 1.81 bits per heavy atom. The van der Waals surface area contributed by atoms with Gasteiger partial charge in [-0.05, 0) is 32.4 Å². The number of hydrogen-bond donors (Lipinski definition) is 1. The minimum Gasteiger partial charge on any atom is -0.490 e. The van der Waals surface area contributed by atoms with Crippen molar-refractivity contribution in [2.24, 2.45) is 0 Å². The molecular weight excluding hydrogens is 266 g/mol. The van der Waals surface area contributed by atoms with E-state index in [2.05, 4.69) is 25.2 Å². The molecule has 1 aromatic carbocycles. The SMILES string of the molecule is CCCNCc1cccc(OCC)c1OCCOCCC. The van der Waals surface area contributed by atoms with E-state index in [1.165, 1.54) is 0 Å². The van der Waals surface area contributed by atoms with Crippen LogP contribution in [0.3, 0.4) is 0 Å². The lowest BCUT2D eigenvalue weighted by Gasteiger charge is -2.16. The van der Waals surface area contributed by atoms with Crippen LogP contribution in [0.1, 0.15) is 39.2 Å². The van der Waals surface area contributed by atoms with Gasteiger partial charge in [-0.2, -0.15) is 0 Å². The van der Waals surface area contributed by atoms with Crippen molar-refractivity contribution in [2.45, 2.75) is 40.2 Å². The third-order valence-electron chi connectivity index (χ3n) is 2.93. The molecule has 0 spiro atoms. The van der Waals surface area contributed by atoms with Crippen LogP contribution in [0.2, 0.25) is 0 Å². The molecule has 0 saturated heterocycles. The number of rotatable bonds is 12. The standard InChI is InChI=1S/C17H29NO3/c1-4-10-18-14-15-8-7-9-16(20-6-3)17(15)21-13-12-19-11-5-2/h7-9,18H,4-6,10-14H2,1-3H3. The smallest absolute Gasteiger partial charge is 0.165 e. The van der Waals surface area contributed by atoms with E-state index >= 15 is 0 Å². The molecule has 1 rings (SSSR count). The average molecular weight is 295 g/mol. The van der Waals surface area contributed by atoms with Crippen molar-refractivity contribution in [1.82, 2.24) is 5.32 Å². The topological polar surface area (TPSA) is 39.7 Å². The number of benzene rings is 1. The molecule has 0 heterocycles. The molecule has 0 amide bonds. The van der Waals surface area contributed by atoms with Gasteiger partial charge in [-0.3, -0.25) is 0 Å². The molecule has 0 fully saturated rings. The molecule has 0 aliphatic heterocycles. The van der Waals surface area contributed by atoms with Crippen molar-refractivity contribution in [3.05, 3.63) is 23.8 Å². The Morgan fingerprint density at radius 3 is 2.52 bits per heavy atom. The Kier molecular flexibility index (Phi) is 9.66. The van der Waals surface area contributed by atoms with Crippen molar-refractivity contribution in [3.8, 4) is 11.5 Å². The van der Waals surface area contributed by atoms with Gasteiger partial charge in [0.1, 0.15) is 6.61 Å². The molecule has 21 heavy (non-hydrogen) atoms. The molecule has 0 aliphatic rings. The summed E-state index contributed by atoms with van der Waals surface area (Å²) in [6.45, 7) is 10.6. The Morgan fingerprint density at radius 1 is 0.952 bits per heavy atom. The number of ether oxygens (including phenoxy) is 3. The zero-order valence-electron chi connectivity index (χ0n) is 13.6. The van der Waals surface area contributed by atoms with Crippen LogP contribution in [0.25, 0.3) is 0 Å². The van der Waals surface area contributed by atoms with Crippen molar-refractivity contribution in [3.63, 3.8) is 0 Å². The van der Waals surface area contributed by atoms with Crippen molar-refractivity contribution in [1.29, 1.82) is 0 Å². The first kappa shape index (κ1) is 17.8. The fourth-order valence-corrected chi connectivity index (χ4v) is 1.98. The molecule has 0 aliphatic carbocycles. The zero-order valence-corrected chi connectivity index (χ0v) is 13.6. The van der Waals surface area contributed by atoms with Crippen LogP contribution >= 0.6 is 0 Å². The summed E-state index contributed by atoms with van der Waals surface area (Å²) in [6, 6.07) is 6.04. The molecule has 0 bridgehead atoms. The first-order chi connectivity index (χ1) is 10.3. The molecule has 0 atom stereocenters. The summed E-state index contributed by atoms with van der Waals surface area (Å²) in [7, 11) is 0. The van der Waals surface area contributed by atoms with Crippen LogP contribution < -0.4 is 14.8 Å². The number of hydrogen-bond acceptors (Lipinski definition) is 4. The highest BCUT2D eigenvalue weighted by molar-refractivity contribution is 5.46. The summed E-state index contributed by atoms with van der Waals surface area (Å²) in [5, 5.41) is 3.40. The van der Waals surface area contributed by atoms with Crippen LogP contribution in [0, 0.1) is 0 Å². The Bertz CT molecular complexity index is 382. The molecule has 1 aromatic rings. The summed E-state index contributed by atoms with van der Waals surface area (Å²) in [6.07, 6.45) is 2.15. The molecule has 120 valence electrons. The first-order valence-corrected chi connectivity index (χ1v) is 7.99. The zero-order chi connectivity index (χ0) is 15.3. The van der Waals surface area contributed by atoms with Crippen LogP contribution in [0.4, 0.5) is 0 Å². The quantitative estimate of drug-likeness (QED) is 0.600. The molecule has 0 saturated carbocycles. The molecule has 0 aromatic heterocycles. The van der Waals surface area contributed by atoms with Gasteiger partial charge in [0.05, 0.1) is 13.2 Å². The highest BCUT2D eigenvalue weighted by Crippen LogP contribution is 2.31. The van der Waals surface area contributed by atoms with Crippen LogP contribution in [0.5, 0.6) is 11.5 Å². The van der Waals surface area contributed by atoms with E-state index in [0.717, 1.165) is 49.6 Å². The Balaban J connectivity index is 2.64. The summed E-state index contributed by atoms with van der Waals surface area (Å²) >= 11 is 0. The highest BCUT2D eigenvalue weighted by Gasteiger charge is 2.10. The molecule has 1 N–H and O–H groups in total. The number of nitrogens with one attached hydrogen (secondary N) is 1. The van der Waals surface area contributed by atoms with Gasteiger partial charge in [-0.15, -0.1) is 0 Å². The molecule has 0 unspecified atom stereocenters. The molecule has 4 nitrogen and oxygen atoms in total. The van der Waals surface area contributed by atoms with E-state index in [0.29, 0.717) is 19.8 Å². The van der Waals surface area contributed by atoms with Gasteiger partial charge in [0.2, 0.25) is 0 Å². The molecule has 0 radical (unpaired) electrons. The van der Waals surface area contributed by atoms with E-state index in [1.807, 2.05) is 19.1 Å². The first-order valence-electron chi connectivity index (χ1n) is 7.99. The predicted molar refractivity (Wildman–Crippen MR) is 86.2 cm³/mol. The third-order valence-corrected chi connectivity index (χ3v) is 2.93. The monoisotopic (exact) mass is 295 g/mol. The van der Waals surface area contributed by atoms with Crippen molar-refractivity contribution >= 4 is 0 Å². The van der Waals surface area contributed by atoms with E-state index in [1.54, 1.807) is 0 Å². The van der Waals surface area contributed by atoms with Crippen LogP contribution in [-0.4, -0.2) is 33.0 Å². The maximum Gasteiger partial charge on any atom is 0.165 e. The van der Waals surface area contributed by atoms with Gasteiger partial charge in [0.25, 0.3) is 0 Å². The minimum absolute atomic E-state index is 0.546. The summed E-state index contributed by atoms with van der Waals surface area (Å²) in [5.41, 5.74) is 1.13. The third kappa shape index (κ3) is 6.82. The normalized spacial score (nSPS) is 10.6. The molecule has 4 heteroatoms. The van der Waals surface area contributed by atoms with E-state index in [4.69, 9.17) is 14.2 Å². The lowest BCUT2D eigenvalue weighted by Crippen LogP contribution is -2.16. The van der Waals surface area contributed by atoms with E-state index < -0.39 is 0 Å². The largest absolute Gasteiger partial charge is 0.490 e. The Hall–Kier alpha value is -1.26. The summed E-state index contributed by atoms with van der Waals surface area (Å²) in [5.74, 6) is 1.65. The van der Waals surface area contributed by atoms with Crippen molar-refractivity contribution < 1.29 is 14.2 Å². The maximum atomic E-state index is 5.91. The average Bonchev–Trinajstić information content (AvgIpc) is 2.49. The van der Waals surface area contributed by atoms with Crippen molar-refractivity contribution in [2.75, 3.05) is 33.0 Å². The summed E-state index contributed by atoms with van der Waals surface area (Å²) in [4.78, 5) is 0. The minimum atomic E-state index is 0.546. The fraction of sp³-hybridized carbons (Fsp3) is 0.647. The van der Waals surface area contributed by atoms with Crippen LogP contribution in [-0.2, 0) is 11.3 Å². The second-order valence-electron chi connectivity index (χ2n) is 4.82. The van der Waals surface area contributed by atoms with Gasteiger partial charge >= 0.3 is 0 Å². The Labute approximate surface area is 128 Å². The van der Waals surface area contributed by atoms with Gasteiger partial charge in [0, 0.05) is 18.7 Å². The van der Waals surface area contributed by atoms with Gasteiger partial charge < -0.3 is 19.5 Å². The van der Waals surface area contributed by atoms with E-state index in [9.17, 15) is 0 Å². The lowest BCUT2D eigenvalue weighted by atomic mass is 10.2. The molecular formula is C17H29NO3. The van der Waals surface area contributed by atoms with E-state index in [-0.39, 0.29) is 0 Å². The van der Waals surface area contributed by atoms with Gasteiger partial charge in [-0.1, -0.05) is 26.0 Å². The summed E-state index contributed by atoms with van der Waals surface area (Å²) < 4.78 is 17.0. The van der Waals surface area contributed by atoms with Gasteiger partial charge in [-0.25, -0.2) is 0 Å². The van der Waals surface area contributed by atoms with Gasteiger partial charge in [0.15, 0.2) is 11.5 Å². The second kappa shape index (κ2) is 11.4. The maximum absolute atomic E-state index is 5.91. The highest BCUT2D eigenvalue weighted by atomic mass is 16.5. The predicted octanol–water partition coefficient (Wildman–Crippen LogP) is 3.39.